The highest BCUT2D eigenvalue weighted by Crippen LogP contribution is 1.85. The second kappa shape index (κ2) is 9.52. The summed E-state index contributed by atoms with van der Waals surface area (Å²) in [5, 5.41) is 2.69. The summed E-state index contributed by atoms with van der Waals surface area (Å²) in [5.74, 6) is -0.788. The predicted molar refractivity (Wildman–Crippen MR) is 55.8 cm³/mol. The van der Waals surface area contributed by atoms with Crippen molar-refractivity contribution in [3.05, 3.63) is 0 Å². The number of hydrogen-bond acceptors (Lipinski definition) is 4. The smallest absolute Gasteiger partial charge is 0.235 e. The monoisotopic (exact) mass is 213 g/mol. The molecule has 0 heterocycles. The first-order chi connectivity index (χ1) is 7.16. The Morgan fingerprint density at radius 1 is 1.27 bits per heavy atom. The van der Waals surface area contributed by atoms with E-state index >= 15 is 0 Å². The van der Waals surface area contributed by atoms with Crippen LogP contribution >= 0.6 is 0 Å². The van der Waals surface area contributed by atoms with Gasteiger partial charge in [0, 0.05) is 13.0 Å². The third-order valence-corrected chi connectivity index (χ3v) is 1.52. The fourth-order valence-electron chi connectivity index (χ4n) is 0.881. The fourth-order valence-corrected chi connectivity index (χ4v) is 0.881. The number of carbonyl (C=O) groups excluding carboxylic acids is 2. The van der Waals surface area contributed by atoms with Crippen molar-refractivity contribution < 1.29 is 19.1 Å². The van der Waals surface area contributed by atoms with Crippen molar-refractivity contribution in [2.45, 2.75) is 19.8 Å². The Morgan fingerprint density at radius 2 is 2.00 bits per heavy atom. The van der Waals surface area contributed by atoms with Crippen LogP contribution in [0.3, 0.4) is 0 Å². The average Bonchev–Trinajstić information content (AvgIpc) is 2.16. The van der Waals surface area contributed by atoms with Gasteiger partial charge in [-0.05, 0) is 6.42 Å². The summed E-state index contributed by atoms with van der Waals surface area (Å²) < 4.78 is 9.50. The third kappa shape index (κ3) is 10.9. The zero-order chi connectivity index (χ0) is 11.5. The van der Waals surface area contributed by atoms with Gasteiger partial charge in [-0.1, -0.05) is 6.92 Å². The molecule has 0 aliphatic heterocycles. The molecule has 0 aliphatic carbocycles. The fraction of sp³-hybridized carbons (Fsp3) is 0.778. The van der Waals surface area contributed by atoms with Crippen LogP contribution in [0.1, 0.15) is 19.8 Å². The van der Waals surface area contributed by atoms with Crippen molar-refractivity contribution in [3.8, 4) is 0 Å². The molecule has 6 heteroatoms. The van der Waals surface area contributed by atoms with Gasteiger partial charge in [-0.3, -0.25) is 9.59 Å². The van der Waals surface area contributed by atoms with Crippen molar-refractivity contribution in [1.82, 2.24) is 5.32 Å². The van der Waals surface area contributed by atoms with Gasteiger partial charge < -0.3 is 14.8 Å². The Labute approximate surface area is 90.9 Å². The van der Waals surface area contributed by atoms with E-state index in [1.54, 1.807) is 0 Å². The minimum absolute atomic E-state index is 0.0227. The van der Waals surface area contributed by atoms with Gasteiger partial charge in [0.1, 0.15) is 6.61 Å². The topological polar surface area (TPSA) is 64.6 Å². The highest BCUT2D eigenvalue weighted by atomic mass is 16.6. The molecule has 1 N–H and O–H groups in total. The Bertz CT molecular complexity index is 199. The van der Waals surface area contributed by atoms with E-state index in [0.717, 1.165) is 6.42 Å². The van der Waals surface area contributed by atoms with E-state index in [-0.39, 0.29) is 19.1 Å². The molecule has 0 bridgehead atoms. The Morgan fingerprint density at radius 3 is 2.60 bits per heavy atom. The predicted octanol–water partition coefficient (Wildman–Crippen LogP) is 0.224. The number of ether oxygens (including phenoxy) is 2. The summed E-state index contributed by atoms with van der Waals surface area (Å²) in [6.45, 7) is 3.23. The first-order valence-corrected chi connectivity index (χ1v) is 4.93. The minimum atomic E-state index is -0.810. The van der Waals surface area contributed by atoms with Crippen LogP contribution < -0.4 is 5.32 Å². The van der Waals surface area contributed by atoms with Crippen molar-refractivity contribution in [3.63, 3.8) is 0 Å². The van der Waals surface area contributed by atoms with E-state index in [1.165, 1.54) is 0 Å². The van der Waals surface area contributed by atoms with Crippen LogP contribution in [0.4, 0.5) is 4.79 Å². The Hall–Kier alpha value is -1.04. The zero-order valence-corrected chi connectivity index (χ0v) is 8.95. The van der Waals surface area contributed by atoms with Crippen molar-refractivity contribution in [1.29, 1.82) is 0 Å². The lowest BCUT2D eigenvalue weighted by Gasteiger charge is -2.06. The standard InChI is InChI=1S/C9H16BNO4/c1-2-3-8(12)11-4-5-14-6-7-15-9(10)13/h2-7H2,1H3,(H,11,12). The summed E-state index contributed by atoms with van der Waals surface area (Å²) in [6.07, 6.45) is 1.37. The number of hydrogen-bond donors (Lipinski definition) is 1. The van der Waals surface area contributed by atoms with Crippen molar-refractivity contribution in [2.75, 3.05) is 26.4 Å². The molecular weight excluding hydrogens is 197 g/mol. The summed E-state index contributed by atoms with van der Waals surface area (Å²) in [7, 11) is 4.73. The van der Waals surface area contributed by atoms with Crippen LogP contribution in [0.15, 0.2) is 0 Å². The van der Waals surface area contributed by atoms with Crippen LogP contribution in [-0.4, -0.2) is 46.0 Å². The first-order valence-electron chi connectivity index (χ1n) is 4.93. The van der Waals surface area contributed by atoms with Gasteiger partial charge in [-0.2, -0.15) is 0 Å². The molecule has 2 radical (unpaired) electrons. The number of nitrogens with one attached hydrogen (secondary N) is 1. The van der Waals surface area contributed by atoms with E-state index in [9.17, 15) is 9.59 Å². The van der Waals surface area contributed by atoms with Crippen LogP contribution in [-0.2, 0) is 14.3 Å². The second-order valence-corrected chi connectivity index (χ2v) is 2.88. The average molecular weight is 213 g/mol. The molecule has 0 unspecified atom stereocenters. The number of amides is 1. The molecule has 0 aromatic rings. The molecule has 5 nitrogen and oxygen atoms in total. The van der Waals surface area contributed by atoms with Crippen LogP contribution in [0.5, 0.6) is 0 Å². The molecule has 15 heavy (non-hydrogen) atoms. The molecular formula is C9H16BNO4. The third-order valence-electron chi connectivity index (χ3n) is 1.52. The molecule has 1 amide bonds. The van der Waals surface area contributed by atoms with E-state index in [2.05, 4.69) is 10.1 Å². The van der Waals surface area contributed by atoms with E-state index < -0.39 is 5.87 Å². The zero-order valence-electron chi connectivity index (χ0n) is 8.95. The maximum atomic E-state index is 11.0. The lowest BCUT2D eigenvalue weighted by molar-refractivity contribution is -0.121. The highest BCUT2D eigenvalue weighted by Gasteiger charge is 1.97. The van der Waals surface area contributed by atoms with Gasteiger partial charge in [0.25, 0.3) is 0 Å². The van der Waals surface area contributed by atoms with Gasteiger partial charge in [-0.25, -0.2) is 0 Å². The maximum absolute atomic E-state index is 11.0. The summed E-state index contributed by atoms with van der Waals surface area (Å²) >= 11 is 0. The molecule has 0 aromatic heterocycles. The first kappa shape index (κ1) is 14.0. The number of rotatable bonds is 8. The highest BCUT2D eigenvalue weighted by molar-refractivity contribution is 6.55. The maximum Gasteiger partial charge on any atom is 0.235 e. The van der Waals surface area contributed by atoms with Gasteiger partial charge >= 0.3 is 0 Å². The van der Waals surface area contributed by atoms with E-state index in [1.807, 2.05) is 6.92 Å². The van der Waals surface area contributed by atoms with Crippen molar-refractivity contribution in [2.24, 2.45) is 0 Å². The van der Waals surface area contributed by atoms with Crippen LogP contribution in [0.2, 0.25) is 0 Å². The molecule has 0 fully saturated rings. The van der Waals surface area contributed by atoms with E-state index in [4.69, 9.17) is 12.6 Å². The molecule has 0 aliphatic rings. The molecule has 0 saturated heterocycles. The molecule has 0 saturated carbocycles. The van der Waals surface area contributed by atoms with Crippen LogP contribution in [0.25, 0.3) is 0 Å². The lowest BCUT2D eigenvalue weighted by atomic mass is 10.2. The van der Waals surface area contributed by atoms with Gasteiger partial charge in [0.05, 0.1) is 13.2 Å². The largest absolute Gasteiger partial charge is 0.472 e. The van der Waals surface area contributed by atoms with E-state index in [0.29, 0.717) is 19.6 Å². The Kier molecular flexibility index (Phi) is 8.86. The Balaban J connectivity index is 3.11. The number of carbonyl (C=O) groups is 2. The molecule has 0 spiro atoms. The summed E-state index contributed by atoms with van der Waals surface area (Å²) in [6, 6.07) is 0. The SMILES string of the molecule is [B]C(=O)OCCOCCNC(=O)CCC. The van der Waals surface area contributed by atoms with Gasteiger partial charge in [0.15, 0.2) is 0 Å². The molecule has 0 rings (SSSR count). The second-order valence-electron chi connectivity index (χ2n) is 2.88. The quantitative estimate of drug-likeness (QED) is 0.462. The summed E-state index contributed by atoms with van der Waals surface area (Å²) in [5.41, 5.74) is 0. The van der Waals surface area contributed by atoms with Gasteiger partial charge in [0.2, 0.25) is 19.6 Å². The normalized spacial score (nSPS) is 9.67. The molecule has 84 valence electrons. The van der Waals surface area contributed by atoms with Crippen molar-refractivity contribution >= 4 is 19.6 Å². The summed E-state index contributed by atoms with van der Waals surface area (Å²) in [4.78, 5) is 21.1. The molecule has 0 aromatic carbocycles. The van der Waals surface area contributed by atoms with Gasteiger partial charge in [-0.15, -0.1) is 0 Å². The lowest BCUT2D eigenvalue weighted by Crippen LogP contribution is -2.27. The minimum Gasteiger partial charge on any atom is -0.472 e. The molecule has 0 atom stereocenters. The van der Waals surface area contributed by atoms with Crippen LogP contribution in [0, 0.1) is 0 Å².